The molecule has 164 valence electrons. The molecule has 0 spiro atoms. The molecule has 0 fully saturated rings. The van der Waals surface area contributed by atoms with Crippen LogP contribution in [0.25, 0.3) is 10.9 Å². The zero-order chi connectivity index (χ0) is 22.5. The molecule has 1 aromatic heterocycles. The molecular weight excluding hydrogens is 392 g/mol. The van der Waals surface area contributed by atoms with Gasteiger partial charge in [-0.05, 0) is 42.3 Å². The summed E-state index contributed by atoms with van der Waals surface area (Å²) in [6.45, 7) is 4.87. The van der Waals surface area contributed by atoms with Gasteiger partial charge in [0.05, 0.1) is 19.8 Å². The van der Waals surface area contributed by atoms with Gasteiger partial charge in [-0.2, -0.15) is 0 Å². The Bertz CT molecular complexity index is 1100. The van der Waals surface area contributed by atoms with E-state index >= 15 is 0 Å². The van der Waals surface area contributed by atoms with E-state index in [9.17, 15) is 9.59 Å². The number of ether oxygens (including phenoxy) is 2. The monoisotopic (exact) mass is 422 g/mol. The molecule has 2 aromatic carbocycles. The molecule has 1 heterocycles. The van der Waals surface area contributed by atoms with Crippen LogP contribution < -0.4 is 10.1 Å². The Morgan fingerprint density at radius 3 is 2.48 bits per heavy atom. The van der Waals surface area contributed by atoms with E-state index in [0.29, 0.717) is 23.4 Å². The Morgan fingerprint density at radius 2 is 1.81 bits per heavy atom. The van der Waals surface area contributed by atoms with Crippen LogP contribution in [0.2, 0.25) is 0 Å². The molecule has 0 saturated heterocycles. The van der Waals surface area contributed by atoms with Crippen LogP contribution in [0.3, 0.4) is 0 Å². The average Bonchev–Trinajstić information content (AvgIpc) is 3.13. The number of amides is 1. The first-order chi connectivity index (χ1) is 14.9. The van der Waals surface area contributed by atoms with Crippen LogP contribution in [0.15, 0.2) is 42.6 Å². The van der Waals surface area contributed by atoms with Gasteiger partial charge in [0.1, 0.15) is 5.75 Å². The van der Waals surface area contributed by atoms with Crippen molar-refractivity contribution in [2.45, 2.75) is 32.6 Å². The molecule has 0 aliphatic carbocycles. The maximum Gasteiger partial charge on any atom is 0.337 e. The van der Waals surface area contributed by atoms with Crippen LogP contribution in [-0.2, 0) is 11.8 Å². The van der Waals surface area contributed by atoms with Crippen molar-refractivity contribution in [3.8, 4) is 5.75 Å². The van der Waals surface area contributed by atoms with Gasteiger partial charge in [-0.1, -0.05) is 26.3 Å². The van der Waals surface area contributed by atoms with E-state index < -0.39 is 5.97 Å². The van der Waals surface area contributed by atoms with Crippen LogP contribution in [0.1, 0.15) is 64.4 Å². The zero-order valence-corrected chi connectivity index (χ0v) is 18.8. The number of hydrogen-bond donors (Lipinski definition) is 1. The van der Waals surface area contributed by atoms with Gasteiger partial charge in [0.2, 0.25) is 0 Å². The van der Waals surface area contributed by atoms with E-state index in [4.69, 9.17) is 9.47 Å². The Labute approximate surface area is 183 Å². The molecule has 0 aliphatic heterocycles. The van der Waals surface area contributed by atoms with Gasteiger partial charge < -0.3 is 19.4 Å². The summed E-state index contributed by atoms with van der Waals surface area (Å²) in [7, 11) is 4.95. The number of benzene rings is 2. The van der Waals surface area contributed by atoms with Crippen LogP contribution in [0.4, 0.5) is 0 Å². The minimum atomic E-state index is -0.401. The van der Waals surface area contributed by atoms with Gasteiger partial charge in [0, 0.05) is 47.7 Å². The topological polar surface area (TPSA) is 69.6 Å². The third kappa shape index (κ3) is 4.58. The number of rotatable bonds is 8. The number of carbonyl (C=O) groups excluding carboxylic acids is 2. The first-order valence-corrected chi connectivity index (χ1v) is 10.5. The van der Waals surface area contributed by atoms with E-state index in [2.05, 4.69) is 29.9 Å². The van der Waals surface area contributed by atoms with Crippen molar-refractivity contribution >= 4 is 22.8 Å². The van der Waals surface area contributed by atoms with Crippen LogP contribution in [-0.4, -0.2) is 37.2 Å². The molecule has 0 bridgehead atoms. The lowest BCUT2D eigenvalue weighted by Gasteiger charge is -2.16. The molecule has 31 heavy (non-hydrogen) atoms. The van der Waals surface area contributed by atoms with Crippen molar-refractivity contribution in [2.24, 2.45) is 7.05 Å². The number of methoxy groups -OCH3 is 2. The summed E-state index contributed by atoms with van der Waals surface area (Å²) in [5.41, 5.74) is 4.19. The fraction of sp³-hybridized carbons (Fsp3) is 0.360. The SMILES string of the molecule is CCCCNC(=O)c1ccc2c(c1)c(C(C)c1ccc(C(=O)OC)cc1OC)cn2C. The summed E-state index contributed by atoms with van der Waals surface area (Å²) in [5.74, 6) is 0.156. The molecule has 0 saturated carbocycles. The molecule has 1 amide bonds. The predicted octanol–water partition coefficient (Wildman–Crippen LogP) is 4.66. The minimum Gasteiger partial charge on any atom is -0.496 e. The van der Waals surface area contributed by atoms with E-state index in [1.807, 2.05) is 31.3 Å². The van der Waals surface area contributed by atoms with Crippen molar-refractivity contribution in [2.75, 3.05) is 20.8 Å². The second kappa shape index (κ2) is 9.69. The van der Waals surface area contributed by atoms with Crippen molar-refractivity contribution in [1.82, 2.24) is 9.88 Å². The Morgan fingerprint density at radius 1 is 1.06 bits per heavy atom. The maximum atomic E-state index is 12.6. The van der Waals surface area contributed by atoms with Gasteiger partial charge in [-0.25, -0.2) is 4.79 Å². The van der Waals surface area contributed by atoms with E-state index in [1.165, 1.54) is 7.11 Å². The van der Waals surface area contributed by atoms with Crippen molar-refractivity contribution < 1.29 is 19.1 Å². The third-order valence-electron chi connectivity index (χ3n) is 5.69. The summed E-state index contributed by atoms with van der Waals surface area (Å²) in [4.78, 5) is 24.5. The fourth-order valence-electron chi connectivity index (χ4n) is 3.87. The fourth-order valence-corrected chi connectivity index (χ4v) is 3.87. The number of carbonyl (C=O) groups is 2. The van der Waals surface area contributed by atoms with Crippen molar-refractivity contribution in [3.05, 3.63) is 64.8 Å². The first-order valence-electron chi connectivity index (χ1n) is 10.5. The zero-order valence-electron chi connectivity index (χ0n) is 18.8. The van der Waals surface area contributed by atoms with E-state index in [1.54, 1.807) is 19.2 Å². The number of aromatic nitrogens is 1. The van der Waals surface area contributed by atoms with E-state index in [-0.39, 0.29) is 11.8 Å². The molecule has 1 atom stereocenters. The second-order valence-corrected chi connectivity index (χ2v) is 7.71. The summed E-state index contributed by atoms with van der Waals surface area (Å²) in [6, 6.07) is 11.2. The number of unbranched alkanes of at least 4 members (excludes halogenated alkanes) is 1. The molecule has 0 aliphatic rings. The highest BCUT2D eigenvalue weighted by Gasteiger charge is 2.21. The number of fused-ring (bicyclic) bond motifs is 1. The Hall–Kier alpha value is -3.28. The largest absolute Gasteiger partial charge is 0.496 e. The second-order valence-electron chi connectivity index (χ2n) is 7.71. The lowest BCUT2D eigenvalue weighted by atomic mass is 9.91. The van der Waals surface area contributed by atoms with Gasteiger partial charge >= 0.3 is 5.97 Å². The van der Waals surface area contributed by atoms with Crippen LogP contribution in [0, 0.1) is 0 Å². The summed E-state index contributed by atoms with van der Waals surface area (Å²) in [5, 5.41) is 4.01. The summed E-state index contributed by atoms with van der Waals surface area (Å²) < 4.78 is 12.5. The number of aryl methyl sites for hydroxylation is 1. The average molecular weight is 423 g/mol. The summed E-state index contributed by atoms with van der Waals surface area (Å²) in [6.07, 6.45) is 4.08. The first kappa shape index (κ1) is 22.4. The highest BCUT2D eigenvalue weighted by atomic mass is 16.5. The molecule has 6 heteroatoms. The van der Waals surface area contributed by atoms with Gasteiger partial charge in [0.25, 0.3) is 5.91 Å². The quantitative estimate of drug-likeness (QED) is 0.424. The third-order valence-corrected chi connectivity index (χ3v) is 5.69. The number of hydrogen-bond acceptors (Lipinski definition) is 4. The van der Waals surface area contributed by atoms with Gasteiger partial charge in [-0.3, -0.25) is 4.79 Å². The molecule has 3 rings (SSSR count). The lowest BCUT2D eigenvalue weighted by Crippen LogP contribution is -2.24. The van der Waals surface area contributed by atoms with Crippen LogP contribution >= 0.6 is 0 Å². The standard InChI is InChI=1S/C25H30N2O4/c1-6-7-12-26-24(28)17-9-11-22-20(13-17)21(15-27(22)3)16(2)19-10-8-18(25(29)31-5)14-23(19)30-4/h8-11,13-16H,6-7,12H2,1-5H3,(H,26,28). The normalized spacial score (nSPS) is 11.9. The van der Waals surface area contributed by atoms with E-state index in [0.717, 1.165) is 34.9 Å². The minimum absolute atomic E-state index is 0.0104. The number of nitrogens with one attached hydrogen (secondary N) is 1. The van der Waals surface area contributed by atoms with Gasteiger partial charge in [-0.15, -0.1) is 0 Å². The highest BCUT2D eigenvalue weighted by Crippen LogP contribution is 2.37. The van der Waals surface area contributed by atoms with Crippen LogP contribution in [0.5, 0.6) is 5.75 Å². The summed E-state index contributed by atoms with van der Waals surface area (Å²) >= 11 is 0. The molecular formula is C25H30N2O4. The smallest absolute Gasteiger partial charge is 0.337 e. The van der Waals surface area contributed by atoms with Crippen molar-refractivity contribution in [3.63, 3.8) is 0 Å². The predicted molar refractivity (Wildman–Crippen MR) is 122 cm³/mol. The van der Waals surface area contributed by atoms with Crippen molar-refractivity contribution in [1.29, 1.82) is 0 Å². The highest BCUT2D eigenvalue weighted by molar-refractivity contribution is 5.99. The maximum absolute atomic E-state index is 12.6. The molecule has 6 nitrogen and oxygen atoms in total. The molecule has 1 N–H and O–H groups in total. The Kier molecular flexibility index (Phi) is 7.00. The number of esters is 1. The molecule has 0 radical (unpaired) electrons. The molecule has 3 aromatic rings. The molecule has 1 unspecified atom stereocenters. The van der Waals surface area contributed by atoms with Gasteiger partial charge in [0.15, 0.2) is 0 Å². The Balaban J connectivity index is 2.01. The lowest BCUT2D eigenvalue weighted by molar-refractivity contribution is 0.0600. The number of nitrogens with zero attached hydrogens (tertiary/aromatic N) is 1.